The number of carbonyl (C=O) groups excluding carboxylic acids is 1. The van der Waals surface area contributed by atoms with E-state index in [1.165, 1.54) is 12.8 Å². The normalized spacial score (nSPS) is 23.4. The first-order valence-corrected chi connectivity index (χ1v) is 6.36. The van der Waals surface area contributed by atoms with Gasteiger partial charge in [-0.3, -0.25) is 9.69 Å². The van der Waals surface area contributed by atoms with Crippen LogP contribution in [0.3, 0.4) is 0 Å². The van der Waals surface area contributed by atoms with Crippen LogP contribution in [-0.2, 0) is 4.79 Å². The number of carbonyl (C=O) groups is 1. The predicted octanol–water partition coefficient (Wildman–Crippen LogP) is 0.291. The van der Waals surface area contributed by atoms with Gasteiger partial charge in [-0.2, -0.15) is 0 Å². The largest absolute Gasteiger partial charge is 0.342 e. The zero-order valence-electron chi connectivity index (χ0n) is 10.4. The van der Waals surface area contributed by atoms with E-state index in [9.17, 15) is 4.79 Å². The molecule has 0 aromatic carbocycles. The smallest absolute Gasteiger partial charge is 0.236 e. The van der Waals surface area contributed by atoms with Crippen LogP contribution in [0, 0.1) is 0 Å². The van der Waals surface area contributed by atoms with Crippen LogP contribution in [0.25, 0.3) is 0 Å². The van der Waals surface area contributed by atoms with Gasteiger partial charge in [0.2, 0.25) is 5.91 Å². The van der Waals surface area contributed by atoms with Crippen molar-refractivity contribution in [2.75, 3.05) is 33.7 Å². The van der Waals surface area contributed by atoms with Gasteiger partial charge in [-0.25, -0.2) is 0 Å². The summed E-state index contributed by atoms with van der Waals surface area (Å²) in [4.78, 5) is 16.1. The SMILES string of the molecule is CNC1CCN(CC(=O)N(C)C2CC2)CC1. The lowest BCUT2D eigenvalue weighted by Crippen LogP contribution is -2.46. The van der Waals surface area contributed by atoms with Gasteiger partial charge in [0, 0.05) is 32.2 Å². The Hall–Kier alpha value is -0.610. The van der Waals surface area contributed by atoms with Crippen LogP contribution in [-0.4, -0.2) is 61.5 Å². The number of amides is 1. The second-order valence-electron chi connectivity index (χ2n) is 5.07. The van der Waals surface area contributed by atoms with Gasteiger partial charge in [0.25, 0.3) is 0 Å². The Morgan fingerprint density at radius 3 is 2.44 bits per heavy atom. The molecule has 1 saturated carbocycles. The fourth-order valence-electron chi connectivity index (χ4n) is 2.35. The Morgan fingerprint density at radius 2 is 1.94 bits per heavy atom. The van der Waals surface area contributed by atoms with Gasteiger partial charge in [0.05, 0.1) is 6.54 Å². The first kappa shape index (κ1) is 11.9. The molecule has 1 saturated heterocycles. The minimum Gasteiger partial charge on any atom is -0.342 e. The van der Waals surface area contributed by atoms with Crippen molar-refractivity contribution in [2.24, 2.45) is 0 Å². The average molecular weight is 225 g/mol. The maximum absolute atomic E-state index is 11.9. The van der Waals surface area contributed by atoms with Gasteiger partial charge < -0.3 is 10.2 Å². The molecule has 2 rings (SSSR count). The first-order valence-electron chi connectivity index (χ1n) is 6.36. The average Bonchev–Trinajstić information content (AvgIpc) is 3.13. The van der Waals surface area contributed by atoms with E-state index in [1.54, 1.807) is 0 Å². The van der Waals surface area contributed by atoms with E-state index in [1.807, 2.05) is 19.0 Å². The number of hydrogen-bond acceptors (Lipinski definition) is 3. The number of rotatable bonds is 4. The molecule has 1 aliphatic heterocycles. The van der Waals surface area contributed by atoms with Crippen LogP contribution in [0.15, 0.2) is 0 Å². The minimum atomic E-state index is 0.297. The highest BCUT2D eigenvalue weighted by atomic mass is 16.2. The van der Waals surface area contributed by atoms with Crippen LogP contribution in [0.5, 0.6) is 0 Å². The lowest BCUT2D eigenvalue weighted by Gasteiger charge is -2.32. The Bertz CT molecular complexity index is 245. The topological polar surface area (TPSA) is 35.6 Å². The summed E-state index contributed by atoms with van der Waals surface area (Å²) in [5, 5.41) is 3.31. The molecule has 1 aliphatic carbocycles. The first-order chi connectivity index (χ1) is 7.70. The number of piperidine rings is 1. The minimum absolute atomic E-state index is 0.297. The molecule has 2 aliphatic rings. The Balaban J connectivity index is 1.71. The Kier molecular flexibility index (Phi) is 3.82. The number of nitrogens with one attached hydrogen (secondary N) is 1. The fraction of sp³-hybridized carbons (Fsp3) is 0.917. The summed E-state index contributed by atoms with van der Waals surface area (Å²) in [5.41, 5.74) is 0. The van der Waals surface area contributed by atoms with E-state index in [0.717, 1.165) is 25.9 Å². The predicted molar refractivity (Wildman–Crippen MR) is 64.3 cm³/mol. The summed E-state index contributed by atoms with van der Waals surface area (Å²) < 4.78 is 0. The van der Waals surface area contributed by atoms with Crippen molar-refractivity contribution in [3.63, 3.8) is 0 Å². The van der Waals surface area contributed by atoms with Crippen LogP contribution >= 0.6 is 0 Å². The van der Waals surface area contributed by atoms with Gasteiger partial charge >= 0.3 is 0 Å². The molecule has 0 radical (unpaired) electrons. The standard InChI is InChI=1S/C12H23N3O/c1-13-10-5-7-15(8-6-10)9-12(16)14(2)11-3-4-11/h10-11,13H,3-9H2,1-2H3. The highest BCUT2D eigenvalue weighted by molar-refractivity contribution is 5.78. The van der Waals surface area contributed by atoms with Gasteiger partial charge in [0.15, 0.2) is 0 Å². The number of nitrogens with zero attached hydrogens (tertiary/aromatic N) is 2. The second-order valence-corrected chi connectivity index (χ2v) is 5.07. The van der Waals surface area contributed by atoms with E-state index < -0.39 is 0 Å². The monoisotopic (exact) mass is 225 g/mol. The van der Waals surface area contributed by atoms with Crippen LogP contribution in [0.4, 0.5) is 0 Å². The summed E-state index contributed by atoms with van der Waals surface area (Å²) in [6.07, 6.45) is 4.72. The van der Waals surface area contributed by atoms with E-state index >= 15 is 0 Å². The van der Waals surface area contributed by atoms with Gasteiger partial charge in [-0.05, 0) is 32.7 Å². The third-order valence-corrected chi connectivity index (χ3v) is 3.84. The molecular weight excluding hydrogens is 202 g/mol. The second kappa shape index (κ2) is 5.15. The van der Waals surface area contributed by atoms with Crippen molar-refractivity contribution in [1.82, 2.24) is 15.1 Å². The molecule has 4 nitrogen and oxygen atoms in total. The van der Waals surface area contributed by atoms with Crippen molar-refractivity contribution in [3.05, 3.63) is 0 Å². The van der Waals surface area contributed by atoms with Crippen LogP contribution in [0.2, 0.25) is 0 Å². The molecule has 4 heteroatoms. The van der Waals surface area contributed by atoms with Crippen molar-refractivity contribution < 1.29 is 4.79 Å². The summed E-state index contributed by atoms with van der Waals surface area (Å²) in [6, 6.07) is 1.19. The molecule has 0 bridgehead atoms. The Morgan fingerprint density at radius 1 is 1.31 bits per heavy atom. The van der Waals surface area contributed by atoms with Crippen molar-refractivity contribution >= 4 is 5.91 Å². The van der Waals surface area contributed by atoms with Gasteiger partial charge in [-0.1, -0.05) is 0 Å². The van der Waals surface area contributed by atoms with E-state index in [0.29, 0.717) is 24.5 Å². The maximum atomic E-state index is 11.9. The van der Waals surface area contributed by atoms with Crippen LogP contribution in [0.1, 0.15) is 25.7 Å². The summed E-state index contributed by atoms with van der Waals surface area (Å²) in [7, 11) is 3.96. The molecule has 0 atom stereocenters. The highest BCUT2D eigenvalue weighted by Gasteiger charge is 2.30. The molecule has 1 N–H and O–H groups in total. The summed E-state index contributed by atoms with van der Waals surface area (Å²) in [6.45, 7) is 2.72. The summed E-state index contributed by atoms with van der Waals surface area (Å²) >= 11 is 0. The lowest BCUT2D eigenvalue weighted by atomic mass is 10.1. The van der Waals surface area contributed by atoms with E-state index in [4.69, 9.17) is 0 Å². The van der Waals surface area contributed by atoms with Gasteiger partial charge in [0.1, 0.15) is 0 Å². The molecule has 2 fully saturated rings. The molecular formula is C12H23N3O. The van der Waals surface area contributed by atoms with Crippen molar-refractivity contribution in [3.8, 4) is 0 Å². The van der Waals surface area contributed by atoms with E-state index in [-0.39, 0.29) is 0 Å². The number of likely N-dealkylation sites (tertiary alicyclic amines) is 1. The third kappa shape index (κ3) is 2.95. The molecule has 16 heavy (non-hydrogen) atoms. The fourth-order valence-corrected chi connectivity index (χ4v) is 2.35. The molecule has 0 spiro atoms. The van der Waals surface area contributed by atoms with Gasteiger partial charge in [-0.15, -0.1) is 0 Å². The molecule has 0 unspecified atom stereocenters. The lowest BCUT2D eigenvalue weighted by molar-refractivity contribution is -0.131. The Labute approximate surface area is 98.0 Å². The molecule has 0 aromatic rings. The molecule has 0 aromatic heterocycles. The maximum Gasteiger partial charge on any atom is 0.236 e. The van der Waals surface area contributed by atoms with E-state index in [2.05, 4.69) is 10.2 Å². The molecule has 92 valence electrons. The molecule has 1 heterocycles. The third-order valence-electron chi connectivity index (χ3n) is 3.84. The zero-order valence-corrected chi connectivity index (χ0v) is 10.4. The van der Waals surface area contributed by atoms with Crippen LogP contribution < -0.4 is 5.32 Å². The van der Waals surface area contributed by atoms with Crippen molar-refractivity contribution in [2.45, 2.75) is 37.8 Å². The quantitative estimate of drug-likeness (QED) is 0.747. The number of hydrogen-bond donors (Lipinski definition) is 1. The zero-order chi connectivity index (χ0) is 11.5. The summed E-state index contributed by atoms with van der Waals surface area (Å²) in [5.74, 6) is 0.297. The van der Waals surface area contributed by atoms with Crippen molar-refractivity contribution in [1.29, 1.82) is 0 Å². The number of likely N-dealkylation sites (N-methyl/N-ethyl adjacent to an activating group) is 1. The molecule has 1 amide bonds. The highest BCUT2D eigenvalue weighted by Crippen LogP contribution is 2.25.